The van der Waals surface area contributed by atoms with E-state index in [-0.39, 0.29) is 18.0 Å². The lowest BCUT2D eigenvalue weighted by molar-refractivity contribution is -0.139. The summed E-state index contributed by atoms with van der Waals surface area (Å²) < 4.78 is 11.2. The summed E-state index contributed by atoms with van der Waals surface area (Å²) >= 11 is 0. The van der Waals surface area contributed by atoms with E-state index in [2.05, 4.69) is 13.0 Å². The van der Waals surface area contributed by atoms with Crippen LogP contribution < -0.4 is 0 Å². The summed E-state index contributed by atoms with van der Waals surface area (Å²) in [4.78, 5) is 12.1. The zero-order valence-corrected chi connectivity index (χ0v) is 16.2. The van der Waals surface area contributed by atoms with Crippen LogP contribution in [0.2, 0.25) is 0 Å². The van der Waals surface area contributed by atoms with Crippen molar-refractivity contribution in [2.75, 3.05) is 7.11 Å². The van der Waals surface area contributed by atoms with Crippen molar-refractivity contribution in [1.29, 1.82) is 0 Å². The van der Waals surface area contributed by atoms with Gasteiger partial charge in [0.2, 0.25) is 0 Å². The minimum atomic E-state index is -0.977. The molecular formula is C21H32O4. The Labute approximate surface area is 151 Å². The highest BCUT2D eigenvalue weighted by Crippen LogP contribution is 2.32. The Kier molecular flexibility index (Phi) is 6.28. The van der Waals surface area contributed by atoms with Crippen molar-refractivity contribution >= 4 is 5.97 Å². The maximum atomic E-state index is 12.1. The SMILES string of the molecule is COC1(C)C=CC(O)(C(C)C)CCC2=CC(CC(C)=CCC1)OC2=O. The van der Waals surface area contributed by atoms with Gasteiger partial charge >= 0.3 is 5.97 Å². The summed E-state index contributed by atoms with van der Waals surface area (Å²) in [5, 5.41) is 11.1. The molecule has 0 amide bonds. The maximum absolute atomic E-state index is 12.1. The van der Waals surface area contributed by atoms with E-state index < -0.39 is 11.2 Å². The molecule has 1 aliphatic heterocycles. The smallest absolute Gasteiger partial charge is 0.334 e. The van der Waals surface area contributed by atoms with Gasteiger partial charge in [-0.3, -0.25) is 0 Å². The molecule has 0 saturated carbocycles. The van der Waals surface area contributed by atoms with Crippen LogP contribution in [0.25, 0.3) is 0 Å². The molecule has 25 heavy (non-hydrogen) atoms. The third kappa shape index (κ3) is 5.05. The van der Waals surface area contributed by atoms with Crippen LogP contribution in [0.5, 0.6) is 0 Å². The second-order valence-electron chi connectivity index (χ2n) is 7.92. The standard InChI is InChI=1S/C21H32O4/c1-15(2)21(23)10-8-17-14-18(25-19(17)22)13-16(3)7-6-9-20(4,24-5)11-12-21/h7,11-12,14-15,18,23H,6,8-10,13H2,1-5H3. The molecule has 2 rings (SSSR count). The van der Waals surface area contributed by atoms with Gasteiger partial charge in [0.1, 0.15) is 6.10 Å². The van der Waals surface area contributed by atoms with Crippen LogP contribution >= 0.6 is 0 Å². The van der Waals surface area contributed by atoms with Gasteiger partial charge in [0.25, 0.3) is 0 Å². The largest absolute Gasteiger partial charge is 0.454 e. The third-order valence-corrected chi connectivity index (χ3v) is 5.55. The van der Waals surface area contributed by atoms with Crippen LogP contribution in [-0.2, 0) is 14.3 Å². The number of rotatable bonds is 2. The number of carbonyl (C=O) groups is 1. The van der Waals surface area contributed by atoms with E-state index in [1.807, 2.05) is 39.0 Å². The molecule has 0 aromatic rings. The first-order valence-electron chi connectivity index (χ1n) is 9.23. The summed E-state index contributed by atoms with van der Waals surface area (Å²) in [6.07, 6.45) is 11.2. The monoisotopic (exact) mass is 348 g/mol. The van der Waals surface area contributed by atoms with E-state index in [0.717, 1.165) is 19.3 Å². The Morgan fingerprint density at radius 1 is 1.32 bits per heavy atom. The molecule has 1 heterocycles. The molecule has 3 atom stereocenters. The Balaban J connectivity index is 2.33. The molecule has 4 heteroatoms. The Morgan fingerprint density at radius 2 is 2.04 bits per heavy atom. The third-order valence-electron chi connectivity index (χ3n) is 5.55. The zero-order valence-electron chi connectivity index (χ0n) is 16.2. The molecule has 4 nitrogen and oxygen atoms in total. The van der Waals surface area contributed by atoms with Gasteiger partial charge in [-0.05, 0) is 51.5 Å². The summed E-state index contributed by atoms with van der Waals surface area (Å²) in [7, 11) is 1.70. The lowest BCUT2D eigenvalue weighted by atomic mass is 9.82. The van der Waals surface area contributed by atoms with Gasteiger partial charge in [-0.25, -0.2) is 4.79 Å². The lowest BCUT2D eigenvalue weighted by Crippen LogP contribution is -2.34. The number of fused-ring (bicyclic) bond motifs is 1. The van der Waals surface area contributed by atoms with Crippen LogP contribution in [0, 0.1) is 5.92 Å². The van der Waals surface area contributed by atoms with Gasteiger partial charge in [0, 0.05) is 19.1 Å². The molecule has 0 aromatic heterocycles. The van der Waals surface area contributed by atoms with Crippen LogP contribution in [-0.4, -0.2) is 35.5 Å². The molecular weight excluding hydrogens is 316 g/mol. The summed E-state index contributed by atoms with van der Waals surface area (Å²) in [6, 6.07) is 0. The van der Waals surface area contributed by atoms with E-state index in [9.17, 15) is 9.90 Å². The first kappa shape index (κ1) is 19.9. The zero-order chi connectivity index (χ0) is 18.7. The number of hydrogen-bond donors (Lipinski definition) is 1. The van der Waals surface area contributed by atoms with Crippen molar-refractivity contribution in [3.63, 3.8) is 0 Å². The normalized spacial score (nSPS) is 34.4. The Hall–Kier alpha value is -1.39. The molecule has 2 bridgehead atoms. The molecule has 0 saturated heterocycles. The number of allylic oxidation sites excluding steroid dienone is 1. The van der Waals surface area contributed by atoms with Gasteiger partial charge in [0.05, 0.1) is 11.2 Å². The van der Waals surface area contributed by atoms with E-state index in [1.165, 1.54) is 5.57 Å². The van der Waals surface area contributed by atoms with Crippen LogP contribution in [0.3, 0.4) is 0 Å². The highest BCUT2D eigenvalue weighted by atomic mass is 16.5. The lowest BCUT2D eigenvalue weighted by Gasteiger charge is -2.32. The van der Waals surface area contributed by atoms with Crippen molar-refractivity contribution in [2.24, 2.45) is 5.92 Å². The van der Waals surface area contributed by atoms with Crippen molar-refractivity contribution in [3.05, 3.63) is 35.5 Å². The van der Waals surface area contributed by atoms with Gasteiger partial charge in [-0.15, -0.1) is 0 Å². The number of hydrogen-bond acceptors (Lipinski definition) is 4. The maximum Gasteiger partial charge on any atom is 0.334 e. The van der Waals surface area contributed by atoms with E-state index in [1.54, 1.807) is 7.11 Å². The molecule has 140 valence electrons. The quantitative estimate of drug-likeness (QED) is 0.603. The predicted molar refractivity (Wildman–Crippen MR) is 99.1 cm³/mol. The average Bonchev–Trinajstić information content (AvgIpc) is 2.89. The highest BCUT2D eigenvalue weighted by molar-refractivity contribution is 5.90. The second-order valence-corrected chi connectivity index (χ2v) is 7.92. The molecule has 0 fully saturated rings. The molecule has 1 aliphatic carbocycles. The predicted octanol–water partition coefficient (Wildman–Crippen LogP) is 4.10. The number of carbonyl (C=O) groups excluding carboxylic acids is 1. The van der Waals surface area contributed by atoms with Crippen LogP contribution in [0.4, 0.5) is 0 Å². The minimum Gasteiger partial charge on any atom is -0.454 e. The molecule has 0 spiro atoms. The second kappa shape index (κ2) is 7.88. The number of aliphatic hydroxyl groups is 1. The number of esters is 1. The summed E-state index contributed by atoms with van der Waals surface area (Å²) in [6.45, 7) is 8.10. The van der Waals surface area contributed by atoms with Crippen molar-refractivity contribution in [1.82, 2.24) is 0 Å². The minimum absolute atomic E-state index is 0.0359. The fourth-order valence-electron chi connectivity index (χ4n) is 3.30. The van der Waals surface area contributed by atoms with Gasteiger partial charge in [-0.2, -0.15) is 0 Å². The van der Waals surface area contributed by atoms with Gasteiger partial charge in [-0.1, -0.05) is 37.6 Å². The van der Waals surface area contributed by atoms with Gasteiger partial charge in [0.15, 0.2) is 0 Å². The van der Waals surface area contributed by atoms with Crippen molar-refractivity contribution in [3.8, 4) is 0 Å². The van der Waals surface area contributed by atoms with E-state index in [4.69, 9.17) is 9.47 Å². The van der Waals surface area contributed by atoms with Crippen LogP contribution in [0.1, 0.15) is 59.8 Å². The average molecular weight is 348 g/mol. The molecule has 0 radical (unpaired) electrons. The fraction of sp³-hybridized carbons (Fsp3) is 0.667. The first-order valence-corrected chi connectivity index (χ1v) is 9.23. The molecule has 0 aromatic carbocycles. The number of methoxy groups -OCH3 is 1. The first-order chi connectivity index (χ1) is 11.7. The highest BCUT2D eigenvalue weighted by Gasteiger charge is 2.33. The summed E-state index contributed by atoms with van der Waals surface area (Å²) in [5.41, 5.74) is 0.494. The van der Waals surface area contributed by atoms with Crippen molar-refractivity contribution < 1.29 is 19.4 Å². The van der Waals surface area contributed by atoms with Gasteiger partial charge < -0.3 is 14.6 Å². The van der Waals surface area contributed by atoms with E-state index in [0.29, 0.717) is 18.4 Å². The molecule has 1 N–H and O–H groups in total. The topological polar surface area (TPSA) is 55.8 Å². The fourth-order valence-corrected chi connectivity index (χ4v) is 3.30. The number of ether oxygens (including phenoxy) is 2. The van der Waals surface area contributed by atoms with E-state index >= 15 is 0 Å². The van der Waals surface area contributed by atoms with Crippen molar-refractivity contribution in [2.45, 2.75) is 77.1 Å². The van der Waals surface area contributed by atoms with Crippen LogP contribution in [0.15, 0.2) is 35.5 Å². The Morgan fingerprint density at radius 3 is 2.68 bits per heavy atom. The summed E-state index contributed by atoms with van der Waals surface area (Å²) in [5.74, 6) is -0.210. The Bertz CT molecular complexity index is 587. The molecule has 3 unspecified atom stereocenters. The molecule has 2 aliphatic rings.